The van der Waals surface area contributed by atoms with Crippen LogP contribution in [-0.2, 0) is 19.0 Å². The van der Waals surface area contributed by atoms with E-state index in [0.717, 1.165) is 5.56 Å². The summed E-state index contributed by atoms with van der Waals surface area (Å²) < 4.78 is 34.9. The van der Waals surface area contributed by atoms with Crippen molar-refractivity contribution in [1.29, 1.82) is 0 Å². The highest BCUT2D eigenvalue weighted by Crippen LogP contribution is 2.22. The van der Waals surface area contributed by atoms with Gasteiger partial charge in [0, 0.05) is 12.5 Å². The van der Waals surface area contributed by atoms with Gasteiger partial charge in [-0.05, 0) is 46.2 Å². The minimum atomic E-state index is -3.87. The lowest BCUT2D eigenvalue weighted by molar-refractivity contribution is -0.0206. The van der Waals surface area contributed by atoms with Crippen LogP contribution in [-0.4, -0.2) is 55.9 Å². The highest BCUT2D eigenvalue weighted by molar-refractivity contribution is 7.86. The molecule has 0 spiro atoms. The number of hydrogen-bond acceptors (Lipinski definition) is 6. The van der Waals surface area contributed by atoms with Gasteiger partial charge in [0.15, 0.2) is 0 Å². The third-order valence-corrected chi connectivity index (χ3v) is 5.42. The topological polar surface area (TPSA) is 93.1 Å². The number of amides is 1. The standard InChI is InChI=1S/C18H27NO6S/c1-13-5-7-15(8-6-13)26(22,23)24-12-14-9-10-19(11-16(14)20)17(21)25-18(2,3)4/h5-8,14,16,20H,9-12H2,1-4H3/t14-,16-/m1/s1. The Kier molecular flexibility index (Phi) is 6.31. The van der Waals surface area contributed by atoms with E-state index in [1.54, 1.807) is 32.9 Å². The number of aliphatic hydroxyl groups excluding tert-OH is 1. The summed E-state index contributed by atoms with van der Waals surface area (Å²) in [5, 5.41) is 10.3. The minimum absolute atomic E-state index is 0.0868. The van der Waals surface area contributed by atoms with Crippen LogP contribution in [0.15, 0.2) is 29.2 Å². The first-order valence-corrected chi connectivity index (χ1v) is 10.0. The Labute approximate surface area is 155 Å². The first-order chi connectivity index (χ1) is 12.0. The van der Waals surface area contributed by atoms with Crippen LogP contribution in [0.5, 0.6) is 0 Å². The minimum Gasteiger partial charge on any atom is -0.444 e. The van der Waals surface area contributed by atoms with E-state index in [1.165, 1.54) is 17.0 Å². The fourth-order valence-corrected chi connectivity index (χ4v) is 3.58. The van der Waals surface area contributed by atoms with Gasteiger partial charge in [-0.2, -0.15) is 8.42 Å². The maximum atomic E-state index is 12.2. The predicted molar refractivity (Wildman–Crippen MR) is 96.2 cm³/mol. The van der Waals surface area contributed by atoms with Gasteiger partial charge in [-0.15, -0.1) is 0 Å². The third kappa shape index (κ3) is 5.69. The predicted octanol–water partition coefficient (Wildman–Crippen LogP) is 2.32. The number of nitrogens with zero attached hydrogens (tertiary/aromatic N) is 1. The maximum Gasteiger partial charge on any atom is 0.410 e. The van der Waals surface area contributed by atoms with Gasteiger partial charge in [0.1, 0.15) is 5.60 Å². The molecule has 1 fully saturated rings. The average molecular weight is 385 g/mol. The molecule has 2 rings (SSSR count). The first-order valence-electron chi connectivity index (χ1n) is 8.60. The molecule has 8 heteroatoms. The monoisotopic (exact) mass is 385 g/mol. The summed E-state index contributed by atoms with van der Waals surface area (Å²) >= 11 is 0. The van der Waals surface area contributed by atoms with Crippen molar-refractivity contribution in [2.75, 3.05) is 19.7 Å². The van der Waals surface area contributed by atoms with Crippen molar-refractivity contribution in [3.05, 3.63) is 29.8 Å². The molecule has 0 aliphatic carbocycles. The van der Waals surface area contributed by atoms with Gasteiger partial charge in [-0.3, -0.25) is 4.18 Å². The fourth-order valence-electron chi connectivity index (χ4n) is 2.62. The van der Waals surface area contributed by atoms with Crippen LogP contribution < -0.4 is 0 Å². The van der Waals surface area contributed by atoms with Crippen LogP contribution in [0, 0.1) is 12.8 Å². The zero-order valence-electron chi connectivity index (χ0n) is 15.6. The molecule has 1 saturated heterocycles. The van der Waals surface area contributed by atoms with E-state index in [0.29, 0.717) is 13.0 Å². The molecule has 1 aromatic carbocycles. The molecule has 1 aromatic rings. The molecule has 0 aromatic heterocycles. The zero-order chi connectivity index (χ0) is 19.5. The Bertz CT molecular complexity index is 723. The van der Waals surface area contributed by atoms with E-state index in [1.807, 2.05) is 6.92 Å². The number of hydrogen-bond donors (Lipinski definition) is 1. The SMILES string of the molecule is Cc1ccc(S(=O)(=O)OC[C@H]2CCN(C(=O)OC(C)(C)C)C[C@H]2O)cc1. The number of β-amino-alcohol motifs (C(OH)–C–C–N with tert-alkyl or cyclic N) is 1. The van der Waals surface area contributed by atoms with Crippen LogP contribution in [0.4, 0.5) is 4.79 Å². The van der Waals surface area contributed by atoms with E-state index in [9.17, 15) is 18.3 Å². The summed E-state index contributed by atoms with van der Waals surface area (Å²) in [5.41, 5.74) is 0.346. The molecule has 1 heterocycles. The van der Waals surface area contributed by atoms with Gasteiger partial charge in [0.25, 0.3) is 10.1 Å². The molecule has 1 N–H and O–H groups in total. The molecular formula is C18H27NO6S. The van der Waals surface area contributed by atoms with Crippen molar-refractivity contribution in [2.45, 2.75) is 50.7 Å². The average Bonchev–Trinajstić information content (AvgIpc) is 2.52. The molecule has 2 atom stereocenters. The lowest BCUT2D eigenvalue weighted by Gasteiger charge is -2.36. The Morgan fingerprint density at radius 2 is 1.88 bits per heavy atom. The Morgan fingerprint density at radius 1 is 1.27 bits per heavy atom. The third-order valence-electron chi connectivity index (χ3n) is 4.12. The molecule has 146 valence electrons. The van der Waals surface area contributed by atoms with Crippen LogP contribution in [0.2, 0.25) is 0 Å². The van der Waals surface area contributed by atoms with Crippen molar-refractivity contribution in [3.8, 4) is 0 Å². The second-order valence-corrected chi connectivity index (χ2v) is 9.21. The second kappa shape index (κ2) is 7.94. The summed E-state index contributed by atoms with van der Waals surface area (Å²) in [4.78, 5) is 13.6. The largest absolute Gasteiger partial charge is 0.444 e. The van der Waals surface area contributed by atoms with Crippen molar-refractivity contribution < 1.29 is 27.2 Å². The first kappa shape index (κ1) is 20.7. The summed E-state index contributed by atoms with van der Waals surface area (Å²) in [5.74, 6) is -0.367. The number of piperidine rings is 1. The molecule has 0 bridgehead atoms. The van der Waals surface area contributed by atoms with Gasteiger partial charge in [-0.1, -0.05) is 17.7 Å². The van der Waals surface area contributed by atoms with Gasteiger partial charge in [-0.25, -0.2) is 4.79 Å². The highest BCUT2D eigenvalue weighted by Gasteiger charge is 2.33. The number of carbonyl (C=O) groups excluding carboxylic acids is 1. The summed E-state index contributed by atoms with van der Waals surface area (Å²) in [7, 11) is -3.87. The van der Waals surface area contributed by atoms with Gasteiger partial charge >= 0.3 is 6.09 Å². The van der Waals surface area contributed by atoms with Crippen molar-refractivity contribution in [2.24, 2.45) is 5.92 Å². The normalized spacial score (nSPS) is 21.5. The number of benzene rings is 1. The Hall–Kier alpha value is -1.64. The molecule has 1 amide bonds. The smallest absolute Gasteiger partial charge is 0.410 e. The molecule has 0 unspecified atom stereocenters. The highest BCUT2D eigenvalue weighted by atomic mass is 32.2. The van der Waals surface area contributed by atoms with E-state index in [4.69, 9.17) is 8.92 Å². The zero-order valence-corrected chi connectivity index (χ0v) is 16.5. The molecule has 0 radical (unpaired) electrons. The van der Waals surface area contributed by atoms with Crippen molar-refractivity contribution >= 4 is 16.2 Å². The number of ether oxygens (including phenoxy) is 1. The lowest BCUT2D eigenvalue weighted by Crippen LogP contribution is -2.49. The number of aliphatic hydroxyl groups is 1. The summed E-state index contributed by atoms with van der Waals surface area (Å²) in [6.07, 6.45) is -0.920. The van der Waals surface area contributed by atoms with Crippen LogP contribution in [0.1, 0.15) is 32.8 Å². The summed E-state index contributed by atoms with van der Waals surface area (Å²) in [6.45, 7) is 7.54. The fraction of sp³-hybridized carbons (Fsp3) is 0.611. The maximum absolute atomic E-state index is 12.2. The molecule has 26 heavy (non-hydrogen) atoms. The van der Waals surface area contributed by atoms with E-state index >= 15 is 0 Å². The Balaban J connectivity index is 1.90. The van der Waals surface area contributed by atoms with E-state index in [2.05, 4.69) is 0 Å². The molecule has 1 aliphatic heterocycles. The molecule has 1 aliphatic rings. The molecule has 0 saturated carbocycles. The molecule has 7 nitrogen and oxygen atoms in total. The van der Waals surface area contributed by atoms with Crippen molar-refractivity contribution in [1.82, 2.24) is 4.90 Å². The van der Waals surface area contributed by atoms with E-state index in [-0.39, 0.29) is 24.0 Å². The lowest BCUT2D eigenvalue weighted by atomic mass is 9.95. The number of aryl methyl sites for hydroxylation is 1. The van der Waals surface area contributed by atoms with Crippen LogP contribution in [0.3, 0.4) is 0 Å². The van der Waals surface area contributed by atoms with Gasteiger partial charge in [0.2, 0.25) is 0 Å². The number of rotatable bonds is 4. The van der Waals surface area contributed by atoms with Gasteiger partial charge in [0.05, 0.1) is 24.2 Å². The number of carbonyl (C=O) groups is 1. The summed E-state index contributed by atoms with van der Waals surface area (Å²) in [6, 6.07) is 6.38. The second-order valence-electron chi connectivity index (χ2n) is 7.59. The number of likely N-dealkylation sites (tertiary alicyclic amines) is 1. The van der Waals surface area contributed by atoms with Gasteiger partial charge < -0.3 is 14.7 Å². The quantitative estimate of drug-likeness (QED) is 0.800. The van der Waals surface area contributed by atoms with Crippen molar-refractivity contribution in [3.63, 3.8) is 0 Å². The molecular weight excluding hydrogens is 358 g/mol. The van der Waals surface area contributed by atoms with Crippen LogP contribution in [0.25, 0.3) is 0 Å². The van der Waals surface area contributed by atoms with Crippen LogP contribution >= 0.6 is 0 Å². The van der Waals surface area contributed by atoms with E-state index < -0.39 is 27.9 Å². The Morgan fingerprint density at radius 3 is 2.42 bits per heavy atom.